The summed E-state index contributed by atoms with van der Waals surface area (Å²) in [5.41, 5.74) is -0.697. The Morgan fingerprint density at radius 1 is 1.00 bits per heavy atom. The predicted molar refractivity (Wildman–Crippen MR) is 102 cm³/mol. The summed E-state index contributed by atoms with van der Waals surface area (Å²) >= 11 is 0. The zero-order chi connectivity index (χ0) is 22.2. The highest BCUT2D eigenvalue weighted by Gasteiger charge is 2.40. The smallest absolute Gasteiger partial charge is 0.453 e. The maximum Gasteiger partial charge on any atom is 0.453 e. The summed E-state index contributed by atoms with van der Waals surface area (Å²) in [4.78, 5) is 24.8. The molecular formula is C22H13F3O6. The number of hydrogen-bond acceptors (Lipinski definition) is 6. The van der Waals surface area contributed by atoms with E-state index in [1.54, 1.807) is 19.1 Å². The van der Waals surface area contributed by atoms with E-state index in [0.717, 1.165) is 11.6 Å². The first-order valence-electron chi connectivity index (χ1n) is 8.90. The normalized spacial score (nSPS) is 11.5. The number of aryl methyl sites for hydroxylation is 1. The van der Waals surface area contributed by atoms with Crippen molar-refractivity contribution in [2.24, 2.45) is 0 Å². The summed E-state index contributed by atoms with van der Waals surface area (Å²) in [6.07, 6.45) is -3.74. The van der Waals surface area contributed by atoms with Gasteiger partial charge in [-0.3, -0.25) is 4.79 Å². The van der Waals surface area contributed by atoms with E-state index in [4.69, 9.17) is 18.3 Å². The van der Waals surface area contributed by atoms with Crippen LogP contribution < -0.4 is 14.9 Å². The molecule has 0 unspecified atom stereocenters. The van der Waals surface area contributed by atoms with Gasteiger partial charge in [-0.15, -0.1) is 0 Å². The first kappa shape index (κ1) is 20.3. The van der Waals surface area contributed by atoms with Gasteiger partial charge in [0.15, 0.2) is 0 Å². The van der Waals surface area contributed by atoms with E-state index in [1.807, 2.05) is 0 Å². The number of furan rings is 1. The van der Waals surface area contributed by atoms with Crippen molar-refractivity contribution in [1.82, 2.24) is 0 Å². The van der Waals surface area contributed by atoms with Gasteiger partial charge in [-0.05, 0) is 48.9 Å². The van der Waals surface area contributed by atoms with E-state index in [0.29, 0.717) is 0 Å². The third-order valence-electron chi connectivity index (χ3n) is 4.22. The molecule has 0 saturated carbocycles. The van der Waals surface area contributed by atoms with Crippen molar-refractivity contribution in [2.75, 3.05) is 0 Å². The molecule has 0 fully saturated rings. The number of benzene rings is 2. The van der Waals surface area contributed by atoms with Gasteiger partial charge in [0.2, 0.25) is 16.9 Å². The zero-order valence-electron chi connectivity index (χ0n) is 15.9. The molecule has 0 aliphatic rings. The largest absolute Gasteiger partial charge is 0.457 e. The predicted octanol–water partition coefficient (Wildman–Crippen LogP) is 5.72. The molecule has 0 spiro atoms. The fourth-order valence-electron chi connectivity index (χ4n) is 2.85. The van der Waals surface area contributed by atoms with Crippen LogP contribution in [0.2, 0.25) is 0 Å². The maximum absolute atomic E-state index is 13.6. The minimum absolute atomic E-state index is 0.0566. The Morgan fingerprint density at radius 2 is 1.81 bits per heavy atom. The number of halogens is 3. The molecule has 0 bridgehead atoms. The van der Waals surface area contributed by atoms with Gasteiger partial charge in [0, 0.05) is 6.07 Å². The van der Waals surface area contributed by atoms with Gasteiger partial charge in [-0.25, -0.2) is 4.79 Å². The summed E-state index contributed by atoms with van der Waals surface area (Å²) in [5.74, 6) is -3.60. The molecule has 0 aliphatic heterocycles. The van der Waals surface area contributed by atoms with Crippen LogP contribution in [0.1, 0.15) is 21.9 Å². The average molecular weight is 430 g/mol. The molecule has 4 aromatic rings. The van der Waals surface area contributed by atoms with Crippen molar-refractivity contribution >= 4 is 16.9 Å². The number of hydrogen-bond donors (Lipinski definition) is 0. The lowest BCUT2D eigenvalue weighted by Crippen LogP contribution is -2.15. The zero-order valence-corrected chi connectivity index (χ0v) is 15.9. The number of carbonyl (C=O) groups excluding carboxylic acids is 1. The van der Waals surface area contributed by atoms with Crippen molar-refractivity contribution in [3.63, 3.8) is 0 Å². The lowest BCUT2D eigenvalue weighted by Gasteiger charge is -2.13. The molecule has 2 aromatic heterocycles. The highest BCUT2D eigenvalue weighted by atomic mass is 19.4. The van der Waals surface area contributed by atoms with Crippen LogP contribution in [-0.4, -0.2) is 5.97 Å². The van der Waals surface area contributed by atoms with Crippen LogP contribution >= 0.6 is 0 Å². The van der Waals surface area contributed by atoms with Crippen molar-refractivity contribution in [2.45, 2.75) is 13.1 Å². The molecule has 0 N–H and O–H groups in total. The summed E-state index contributed by atoms with van der Waals surface area (Å²) in [5, 5.41) is -0.173. The van der Waals surface area contributed by atoms with E-state index in [9.17, 15) is 22.8 Å². The van der Waals surface area contributed by atoms with Crippen molar-refractivity contribution in [1.29, 1.82) is 0 Å². The van der Waals surface area contributed by atoms with Gasteiger partial charge in [0.1, 0.15) is 17.1 Å². The molecule has 2 heterocycles. The number of alkyl halides is 3. The van der Waals surface area contributed by atoms with Gasteiger partial charge in [0.25, 0.3) is 5.76 Å². The van der Waals surface area contributed by atoms with Gasteiger partial charge < -0.3 is 18.3 Å². The number of fused-ring (bicyclic) bond motifs is 1. The molecule has 9 heteroatoms. The summed E-state index contributed by atoms with van der Waals surface area (Å²) in [7, 11) is 0. The van der Waals surface area contributed by atoms with Gasteiger partial charge >= 0.3 is 12.1 Å². The van der Waals surface area contributed by atoms with Crippen LogP contribution in [0.25, 0.3) is 11.0 Å². The van der Waals surface area contributed by atoms with E-state index in [-0.39, 0.29) is 22.6 Å². The quantitative estimate of drug-likeness (QED) is 0.304. The summed E-state index contributed by atoms with van der Waals surface area (Å²) in [6.45, 7) is 1.73. The Balaban J connectivity index is 1.79. The Bertz CT molecular complexity index is 1320. The van der Waals surface area contributed by atoms with Crippen LogP contribution in [0.3, 0.4) is 0 Å². The summed E-state index contributed by atoms with van der Waals surface area (Å²) < 4.78 is 61.1. The molecule has 0 amide bonds. The number of ether oxygens (including phenoxy) is 2. The molecule has 158 valence electrons. The van der Waals surface area contributed by atoms with Crippen molar-refractivity contribution in [3.05, 3.63) is 88.2 Å². The Morgan fingerprint density at radius 3 is 2.48 bits per heavy atom. The average Bonchev–Trinajstić information content (AvgIpc) is 3.24. The minimum Gasteiger partial charge on any atom is -0.457 e. The minimum atomic E-state index is -5.01. The third-order valence-corrected chi connectivity index (χ3v) is 4.22. The molecule has 0 aliphatic carbocycles. The van der Waals surface area contributed by atoms with Gasteiger partial charge in [-0.2, -0.15) is 13.2 Å². The van der Waals surface area contributed by atoms with Crippen LogP contribution in [0.5, 0.6) is 17.2 Å². The SMILES string of the molecule is Cc1cccc(Oc2c(C(F)(F)F)oc3cc(OC(=O)c4ccco4)ccc3c2=O)c1. The molecular weight excluding hydrogens is 417 g/mol. The first-order chi connectivity index (χ1) is 14.7. The number of carbonyl (C=O) groups is 1. The van der Waals surface area contributed by atoms with Gasteiger partial charge in [0.05, 0.1) is 11.6 Å². The van der Waals surface area contributed by atoms with Crippen LogP contribution in [0.4, 0.5) is 13.2 Å². The highest BCUT2D eigenvalue weighted by Crippen LogP contribution is 2.38. The van der Waals surface area contributed by atoms with Crippen molar-refractivity contribution in [3.8, 4) is 17.2 Å². The van der Waals surface area contributed by atoms with Crippen LogP contribution in [0.15, 0.2) is 74.5 Å². The van der Waals surface area contributed by atoms with Gasteiger partial charge in [-0.1, -0.05) is 12.1 Å². The van der Waals surface area contributed by atoms with E-state index in [2.05, 4.69) is 0 Å². The standard InChI is InChI=1S/C22H13F3O6/c1-12-4-2-5-13(10-12)29-19-18(26)15-8-7-14(30-21(27)16-6-3-9-28-16)11-17(15)31-20(19)22(23,24)25/h2-11H,1H3. The fourth-order valence-corrected chi connectivity index (χ4v) is 2.85. The lowest BCUT2D eigenvalue weighted by atomic mass is 10.2. The Kier molecular flexibility index (Phi) is 5.02. The number of esters is 1. The second-order valence-corrected chi connectivity index (χ2v) is 6.53. The molecule has 0 atom stereocenters. The number of rotatable bonds is 4. The molecule has 2 aromatic carbocycles. The first-order valence-corrected chi connectivity index (χ1v) is 8.90. The topological polar surface area (TPSA) is 78.9 Å². The van der Waals surface area contributed by atoms with E-state index < -0.39 is 34.7 Å². The molecule has 6 nitrogen and oxygen atoms in total. The van der Waals surface area contributed by atoms with E-state index in [1.165, 1.54) is 42.7 Å². The van der Waals surface area contributed by atoms with Crippen LogP contribution in [-0.2, 0) is 6.18 Å². The Hall–Kier alpha value is -4.01. The fraction of sp³-hybridized carbons (Fsp3) is 0.0909. The van der Waals surface area contributed by atoms with Crippen LogP contribution in [0, 0.1) is 6.92 Å². The highest BCUT2D eigenvalue weighted by molar-refractivity contribution is 5.89. The molecule has 4 rings (SSSR count). The molecule has 0 radical (unpaired) electrons. The second-order valence-electron chi connectivity index (χ2n) is 6.53. The van der Waals surface area contributed by atoms with Crippen molar-refractivity contribution < 1.29 is 36.3 Å². The maximum atomic E-state index is 13.6. The van der Waals surface area contributed by atoms with E-state index >= 15 is 0 Å². The summed E-state index contributed by atoms with van der Waals surface area (Å²) in [6, 6.07) is 12.5. The molecule has 0 saturated heterocycles. The second kappa shape index (κ2) is 7.67. The third kappa shape index (κ3) is 4.16. The molecule has 31 heavy (non-hydrogen) atoms. The monoisotopic (exact) mass is 430 g/mol. The lowest BCUT2D eigenvalue weighted by molar-refractivity contribution is -0.154. The Labute approximate surface area is 172 Å².